The van der Waals surface area contributed by atoms with Gasteiger partial charge >= 0.3 is 0 Å². The van der Waals surface area contributed by atoms with Gasteiger partial charge in [0.25, 0.3) is 5.91 Å². The first-order chi connectivity index (χ1) is 12.1. The number of benzene rings is 2. The zero-order valence-electron chi connectivity index (χ0n) is 13.8. The van der Waals surface area contributed by atoms with Crippen LogP contribution in [0.2, 0.25) is 5.02 Å². The van der Waals surface area contributed by atoms with E-state index in [1.165, 1.54) is 0 Å². The smallest absolute Gasteiger partial charge is 0.254 e. The first-order valence-corrected chi connectivity index (χ1v) is 8.99. The zero-order valence-corrected chi connectivity index (χ0v) is 14.6. The number of hydrogen-bond acceptors (Lipinski definition) is 2. The van der Waals surface area contributed by atoms with Gasteiger partial charge in [-0.25, -0.2) is 0 Å². The van der Waals surface area contributed by atoms with E-state index in [0.717, 1.165) is 24.1 Å². The molecule has 2 aromatic rings. The highest BCUT2D eigenvalue weighted by molar-refractivity contribution is 6.31. The van der Waals surface area contributed by atoms with Crippen LogP contribution >= 0.6 is 11.6 Å². The van der Waals surface area contributed by atoms with Gasteiger partial charge in [-0.3, -0.25) is 9.59 Å². The van der Waals surface area contributed by atoms with Gasteiger partial charge in [-0.2, -0.15) is 0 Å². The Hall–Kier alpha value is -2.33. The molecule has 2 aliphatic heterocycles. The van der Waals surface area contributed by atoms with Gasteiger partial charge in [-0.05, 0) is 49.1 Å². The quantitative estimate of drug-likeness (QED) is 0.827. The number of anilines is 1. The predicted octanol–water partition coefficient (Wildman–Crippen LogP) is 3.53. The molecular weight excluding hydrogens is 336 g/mol. The monoisotopic (exact) mass is 354 g/mol. The molecule has 0 radical (unpaired) electrons. The van der Waals surface area contributed by atoms with E-state index in [4.69, 9.17) is 11.6 Å². The molecule has 2 amide bonds. The molecular formula is C20H19ClN2O2. The summed E-state index contributed by atoms with van der Waals surface area (Å²) in [6.45, 7) is 1.28. The maximum Gasteiger partial charge on any atom is 0.254 e. The first-order valence-electron chi connectivity index (χ1n) is 8.61. The Bertz CT molecular complexity index is 822. The van der Waals surface area contributed by atoms with Crippen LogP contribution in [0.15, 0.2) is 48.5 Å². The van der Waals surface area contributed by atoms with Crippen LogP contribution in [0, 0.1) is 0 Å². The normalized spacial score (nSPS) is 19.2. The fraction of sp³-hybridized carbons (Fsp3) is 0.300. The number of likely N-dealkylation sites (tertiary alicyclic amines) is 1. The van der Waals surface area contributed by atoms with E-state index < -0.39 is 6.04 Å². The Labute approximate surface area is 152 Å². The van der Waals surface area contributed by atoms with Crippen molar-refractivity contribution in [2.24, 2.45) is 0 Å². The van der Waals surface area contributed by atoms with Crippen LogP contribution in [0.5, 0.6) is 0 Å². The average molecular weight is 355 g/mol. The molecule has 1 saturated heterocycles. The SMILES string of the molecule is O=C(C1CCCN1C(=O)c1ccccc1)N1CCc2ccc(Cl)cc21. The summed E-state index contributed by atoms with van der Waals surface area (Å²) in [7, 11) is 0. The van der Waals surface area contributed by atoms with E-state index in [9.17, 15) is 9.59 Å². The molecule has 4 nitrogen and oxygen atoms in total. The van der Waals surface area contributed by atoms with Crippen molar-refractivity contribution in [3.05, 3.63) is 64.7 Å². The predicted molar refractivity (Wildman–Crippen MR) is 98.0 cm³/mol. The highest BCUT2D eigenvalue weighted by Gasteiger charge is 2.38. The van der Waals surface area contributed by atoms with Crippen molar-refractivity contribution in [2.75, 3.05) is 18.0 Å². The summed E-state index contributed by atoms with van der Waals surface area (Å²) in [5, 5.41) is 0.627. The van der Waals surface area contributed by atoms with Gasteiger partial charge in [0, 0.05) is 29.4 Å². The van der Waals surface area contributed by atoms with Crippen LogP contribution in [0.3, 0.4) is 0 Å². The minimum absolute atomic E-state index is 0.00259. The van der Waals surface area contributed by atoms with E-state index in [1.807, 2.05) is 36.4 Å². The van der Waals surface area contributed by atoms with Crippen molar-refractivity contribution in [1.29, 1.82) is 0 Å². The molecule has 0 saturated carbocycles. The first kappa shape index (κ1) is 16.2. The van der Waals surface area contributed by atoms with E-state index in [0.29, 0.717) is 30.1 Å². The van der Waals surface area contributed by atoms with Gasteiger partial charge in [0.05, 0.1) is 0 Å². The summed E-state index contributed by atoms with van der Waals surface area (Å²) in [5.74, 6) is -0.0650. The second-order valence-electron chi connectivity index (χ2n) is 6.54. The fourth-order valence-electron chi connectivity index (χ4n) is 3.77. The number of fused-ring (bicyclic) bond motifs is 1. The lowest BCUT2D eigenvalue weighted by molar-refractivity contribution is -0.122. The highest BCUT2D eigenvalue weighted by atomic mass is 35.5. The summed E-state index contributed by atoms with van der Waals surface area (Å²) in [6.07, 6.45) is 2.40. The lowest BCUT2D eigenvalue weighted by Crippen LogP contribution is -2.47. The maximum atomic E-state index is 13.2. The molecule has 5 heteroatoms. The van der Waals surface area contributed by atoms with Crippen LogP contribution in [0.25, 0.3) is 0 Å². The standard InChI is InChI=1S/C20H19ClN2O2/c21-16-9-8-14-10-12-23(18(14)13-16)20(25)17-7-4-11-22(17)19(24)15-5-2-1-3-6-15/h1-3,5-6,8-9,13,17H,4,7,10-12H2. The summed E-state index contributed by atoms with van der Waals surface area (Å²) in [4.78, 5) is 29.5. The zero-order chi connectivity index (χ0) is 17.4. The molecule has 2 aliphatic rings. The van der Waals surface area contributed by atoms with Crippen molar-refractivity contribution in [1.82, 2.24) is 4.90 Å². The van der Waals surface area contributed by atoms with E-state index >= 15 is 0 Å². The summed E-state index contributed by atoms with van der Waals surface area (Å²) < 4.78 is 0. The van der Waals surface area contributed by atoms with Crippen molar-refractivity contribution < 1.29 is 9.59 Å². The van der Waals surface area contributed by atoms with Gasteiger partial charge < -0.3 is 9.80 Å². The van der Waals surface area contributed by atoms with Gasteiger partial charge in [0.15, 0.2) is 0 Å². The van der Waals surface area contributed by atoms with Gasteiger partial charge in [-0.1, -0.05) is 35.9 Å². The molecule has 1 unspecified atom stereocenters. The summed E-state index contributed by atoms with van der Waals surface area (Å²) >= 11 is 6.11. The maximum absolute atomic E-state index is 13.2. The van der Waals surface area contributed by atoms with Gasteiger partial charge in [0.1, 0.15) is 6.04 Å². The second-order valence-corrected chi connectivity index (χ2v) is 6.97. The number of amides is 2. The molecule has 0 aromatic heterocycles. The molecule has 2 heterocycles. The third-order valence-electron chi connectivity index (χ3n) is 5.03. The van der Waals surface area contributed by atoms with E-state index in [1.54, 1.807) is 21.9 Å². The lowest BCUT2D eigenvalue weighted by Gasteiger charge is -2.28. The van der Waals surface area contributed by atoms with Crippen molar-refractivity contribution in [2.45, 2.75) is 25.3 Å². The van der Waals surface area contributed by atoms with Crippen LogP contribution in [-0.2, 0) is 11.2 Å². The largest absolute Gasteiger partial charge is 0.327 e. The molecule has 128 valence electrons. The molecule has 0 aliphatic carbocycles. The Morgan fingerprint density at radius 1 is 1.04 bits per heavy atom. The number of halogens is 1. The fourth-order valence-corrected chi connectivity index (χ4v) is 3.94. The number of hydrogen-bond donors (Lipinski definition) is 0. The third kappa shape index (κ3) is 2.91. The van der Waals surface area contributed by atoms with Crippen molar-refractivity contribution in [3.8, 4) is 0 Å². The number of nitrogens with zero attached hydrogens (tertiary/aromatic N) is 2. The Kier molecular flexibility index (Phi) is 4.22. The van der Waals surface area contributed by atoms with Crippen LogP contribution in [0.4, 0.5) is 5.69 Å². The number of carbonyl (C=O) groups is 2. The summed E-state index contributed by atoms with van der Waals surface area (Å²) in [6, 6.07) is 14.5. The van der Waals surface area contributed by atoms with E-state index in [-0.39, 0.29) is 11.8 Å². The molecule has 1 atom stereocenters. The number of rotatable bonds is 2. The number of carbonyl (C=O) groups excluding carboxylic acids is 2. The molecule has 1 fully saturated rings. The molecule has 0 N–H and O–H groups in total. The molecule has 0 spiro atoms. The Morgan fingerprint density at radius 2 is 1.84 bits per heavy atom. The Morgan fingerprint density at radius 3 is 2.64 bits per heavy atom. The van der Waals surface area contributed by atoms with Crippen molar-refractivity contribution >= 4 is 29.1 Å². The third-order valence-corrected chi connectivity index (χ3v) is 5.26. The topological polar surface area (TPSA) is 40.6 Å². The Balaban J connectivity index is 1.58. The van der Waals surface area contributed by atoms with Gasteiger partial charge in [-0.15, -0.1) is 0 Å². The summed E-state index contributed by atoms with van der Waals surface area (Å²) in [5.41, 5.74) is 2.65. The molecule has 0 bridgehead atoms. The van der Waals surface area contributed by atoms with Crippen LogP contribution in [-0.4, -0.2) is 35.8 Å². The minimum atomic E-state index is -0.391. The van der Waals surface area contributed by atoms with Crippen LogP contribution < -0.4 is 4.90 Å². The van der Waals surface area contributed by atoms with E-state index in [2.05, 4.69) is 0 Å². The minimum Gasteiger partial charge on any atom is -0.327 e. The second kappa shape index (κ2) is 6.52. The van der Waals surface area contributed by atoms with Crippen LogP contribution in [0.1, 0.15) is 28.8 Å². The lowest BCUT2D eigenvalue weighted by atomic mass is 10.1. The molecule has 4 rings (SSSR count). The van der Waals surface area contributed by atoms with Gasteiger partial charge in [0.2, 0.25) is 5.91 Å². The average Bonchev–Trinajstić information content (AvgIpc) is 3.28. The van der Waals surface area contributed by atoms with Crippen molar-refractivity contribution in [3.63, 3.8) is 0 Å². The molecule has 2 aromatic carbocycles. The molecule has 25 heavy (non-hydrogen) atoms. The highest BCUT2D eigenvalue weighted by Crippen LogP contribution is 2.33.